The lowest BCUT2D eigenvalue weighted by Gasteiger charge is -2.30. The highest BCUT2D eigenvalue weighted by Gasteiger charge is 2.35. The van der Waals surface area contributed by atoms with E-state index in [2.05, 4.69) is 5.10 Å². The van der Waals surface area contributed by atoms with Gasteiger partial charge in [-0.1, -0.05) is 29.3 Å². The van der Waals surface area contributed by atoms with Crippen molar-refractivity contribution in [3.05, 3.63) is 39.5 Å². The summed E-state index contributed by atoms with van der Waals surface area (Å²) >= 11 is 12.1. The third kappa shape index (κ3) is 4.76. The molecule has 2 aromatic rings. The van der Waals surface area contributed by atoms with Crippen LogP contribution in [0.15, 0.2) is 18.2 Å². The smallest absolute Gasteiger partial charge is 0.252 e. The van der Waals surface area contributed by atoms with Gasteiger partial charge in [0.15, 0.2) is 0 Å². The van der Waals surface area contributed by atoms with Crippen LogP contribution in [0, 0.1) is 5.92 Å². The van der Waals surface area contributed by atoms with E-state index in [1.807, 2.05) is 0 Å². The number of amides is 2. The van der Waals surface area contributed by atoms with E-state index < -0.39 is 11.8 Å². The number of halogens is 4. The lowest BCUT2D eigenvalue weighted by atomic mass is 9.84. The van der Waals surface area contributed by atoms with Gasteiger partial charge in [0.2, 0.25) is 11.8 Å². The molecule has 0 spiro atoms. The van der Waals surface area contributed by atoms with Crippen molar-refractivity contribution >= 4 is 35.0 Å². The molecule has 2 amide bonds. The quantitative estimate of drug-likeness (QED) is 0.654. The van der Waals surface area contributed by atoms with Crippen LogP contribution in [0.5, 0.6) is 0 Å². The highest BCUT2D eigenvalue weighted by molar-refractivity contribution is 6.42. The van der Waals surface area contributed by atoms with Crippen LogP contribution < -0.4 is 5.73 Å². The number of rotatable bonds is 5. The number of primary amides is 1. The fourth-order valence-electron chi connectivity index (χ4n) is 4.51. The second kappa shape index (κ2) is 8.98. The van der Waals surface area contributed by atoms with Crippen molar-refractivity contribution < 1.29 is 18.4 Å². The normalized spacial score (nSPS) is 18.4. The van der Waals surface area contributed by atoms with Crippen LogP contribution in [0.25, 0.3) is 11.3 Å². The molecule has 1 aliphatic carbocycles. The first kappa shape index (κ1) is 23.0. The average Bonchev–Trinajstić information content (AvgIpc) is 3.13. The van der Waals surface area contributed by atoms with Gasteiger partial charge in [-0.15, -0.1) is 0 Å². The molecule has 0 bridgehead atoms. The Balaban J connectivity index is 1.48. The monoisotopic (exact) mass is 484 g/mol. The maximum atomic E-state index is 13.3. The van der Waals surface area contributed by atoms with Crippen molar-refractivity contribution in [1.82, 2.24) is 14.7 Å². The van der Waals surface area contributed by atoms with Crippen molar-refractivity contribution in [3.8, 4) is 11.3 Å². The molecule has 0 atom stereocenters. The minimum atomic E-state index is -2.57. The molecule has 2 N–H and O–H groups in total. The Morgan fingerprint density at radius 2 is 1.88 bits per heavy atom. The van der Waals surface area contributed by atoms with Crippen LogP contribution in [0.1, 0.15) is 54.6 Å². The summed E-state index contributed by atoms with van der Waals surface area (Å²) in [5.74, 6) is -3.11. The average molecular weight is 485 g/mol. The molecule has 0 radical (unpaired) electrons. The Morgan fingerprint density at radius 1 is 1.16 bits per heavy atom. The van der Waals surface area contributed by atoms with E-state index in [1.54, 1.807) is 27.8 Å². The molecule has 0 unspecified atom stereocenters. The first-order chi connectivity index (χ1) is 15.1. The highest BCUT2D eigenvalue weighted by atomic mass is 35.5. The number of hydrogen-bond acceptors (Lipinski definition) is 3. The van der Waals surface area contributed by atoms with Crippen LogP contribution in [0.2, 0.25) is 10.0 Å². The molecule has 2 heterocycles. The zero-order valence-electron chi connectivity index (χ0n) is 17.4. The van der Waals surface area contributed by atoms with Gasteiger partial charge in [-0.2, -0.15) is 5.10 Å². The Kier molecular flexibility index (Phi) is 6.45. The van der Waals surface area contributed by atoms with Crippen molar-refractivity contribution in [3.63, 3.8) is 0 Å². The summed E-state index contributed by atoms with van der Waals surface area (Å²) in [7, 11) is 0. The maximum Gasteiger partial charge on any atom is 0.252 e. The Bertz CT molecular complexity index is 1050. The molecule has 2 aliphatic rings. The van der Waals surface area contributed by atoms with Crippen molar-refractivity contribution in [1.29, 1.82) is 0 Å². The second-order valence-corrected chi connectivity index (χ2v) is 9.35. The number of fused-ring (bicyclic) bond motifs is 1. The molecule has 172 valence electrons. The molecular weight excluding hydrogens is 461 g/mol. The SMILES string of the molecule is NC(=O)c1c(-c2ccc(Cl)c(Cl)c2)nn2c1CN(C(=O)CCC1CCC(F)(F)CC1)CC2. The standard InChI is InChI=1S/C22H24Cl2F2N4O2/c23-15-3-2-14(11-16(15)24)20-19(21(27)32)17-12-29(9-10-30(17)28-20)18(31)4-1-13-5-7-22(25,26)8-6-13/h2-3,11,13H,1,4-10,12H2,(H2,27,32). The number of aromatic nitrogens is 2. The first-order valence-electron chi connectivity index (χ1n) is 10.6. The number of benzene rings is 1. The van der Waals surface area contributed by atoms with Crippen molar-refractivity contribution in [2.45, 2.75) is 57.5 Å². The Hall–Kier alpha value is -2.19. The van der Waals surface area contributed by atoms with Gasteiger partial charge in [0.05, 0.1) is 34.4 Å². The number of nitrogens with zero attached hydrogens (tertiary/aromatic N) is 3. The van der Waals surface area contributed by atoms with Gasteiger partial charge in [0.25, 0.3) is 5.91 Å². The van der Waals surface area contributed by atoms with E-state index in [-0.39, 0.29) is 36.8 Å². The molecule has 6 nitrogen and oxygen atoms in total. The summed E-state index contributed by atoms with van der Waals surface area (Å²) in [5, 5.41) is 5.27. The molecule has 0 saturated heterocycles. The largest absolute Gasteiger partial charge is 0.365 e. The third-order valence-electron chi connectivity index (χ3n) is 6.38. The summed E-state index contributed by atoms with van der Waals surface area (Å²) in [5.41, 5.74) is 7.53. The lowest BCUT2D eigenvalue weighted by molar-refractivity contribution is -0.133. The number of carbonyl (C=O) groups is 2. The topological polar surface area (TPSA) is 81.2 Å². The van der Waals surface area contributed by atoms with Crippen LogP contribution in [0.3, 0.4) is 0 Å². The van der Waals surface area contributed by atoms with Gasteiger partial charge in [0.1, 0.15) is 5.69 Å². The summed E-state index contributed by atoms with van der Waals surface area (Å²) in [6.45, 7) is 1.10. The molecule has 1 saturated carbocycles. The van der Waals surface area contributed by atoms with Crippen molar-refractivity contribution in [2.24, 2.45) is 11.7 Å². The van der Waals surface area contributed by atoms with Gasteiger partial charge in [0, 0.05) is 31.4 Å². The fraction of sp³-hybridized carbons (Fsp3) is 0.500. The summed E-state index contributed by atoms with van der Waals surface area (Å²) < 4.78 is 28.4. The lowest BCUT2D eigenvalue weighted by Crippen LogP contribution is -2.39. The molecule has 1 fully saturated rings. The number of carbonyl (C=O) groups excluding carboxylic acids is 2. The molecular formula is C22H24Cl2F2N4O2. The minimum absolute atomic E-state index is 0.0544. The van der Waals surface area contributed by atoms with E-state index >= 15 is 0 Å². The molecule has 1 aromatic heterocycles. The molecule has 1 aliphatic heterocycles. The fourth-order valence-corrected chi connectivity index (χ4v) is 4.81. The van der Waals surface area contributed by atoms with Gasteiger partial charge in [-0.3, -0.25) is 14.3 Å². The van der Waals surface area contributed by atoms with Crippen LogP contribution in [-0.4, -0.2) is 39.0 Å². The van der Waals surface area contributed by atoms with Crippen LogP contribution in [0.4, 0.5) is 8.78 Å². The molecule has 4 rings (SSSR count). The number of hydrogen-bond donors (Lipinski definition) is 1. The first-order valence-corrected chi connectivity index (χ1v) is 11.4. The summed E-state index contributed by atoms with van der Waals surface area (Å²) in [6.07, 6.45) is 1.60. The molecule has 32 heavy (non-hydrogen) atoms. The van der Waals surface area contributed by atoms with Crippen LogP contribution >= 0.6 is 23.2 Å². The maximum absolute atomic E-state index is 13.3. The summed E-state index contributed by atoms with van der Waals surface area (Å²) in [6, 6.07) is 4.96. The number of nitrogens with two attached hydrogens (primary N) is 1. The van der Waals surface area contributed by atoms with E-state index in [9.17, 15) is 18.4 Å². The van der Waals surface area contributed by atoms with Crippen molar-refractivity contribution in [2.75, 3.05) is 6.54 Å². The minimum Gasteiger partial charge on any atom is -0.365 e. The molecule has 1 aromatic carbocycles. The zero-order chi connectivity index (χ0) is 23.0. The van der Waals surface area contributed by atoms with Gasteiger partial charge in [-0.25, -0.2) is 8.78 Å². The number of alkyl halides is 2. The third-order valence-corrected chi connectivity index (χ3v) is 7.11. The van der Waals surface area contributed by atoms with E-state index in [0.717, 1.165) is 0 Å². The van der Waals surface area contributed by atoms with Gasteiger partial charge in [-0.05, 0) is 37.3 Å². The molecule has 10 heteroatoms. The van der Waals surface area contributed by atoms with E-state index in [0.29, 0.717) is 65.8 Å². The highest BCUT2D eigenvalue weighted by Crippen LogP contribution is 2.38. The van der Waals surface area contributed by atoms with Gasteiger partial charge < -0.3 is 10.6 Å². The summed E-state index contributed by atoms with van der Waals surface area (Å²) in [4.78, 5) is 26.8. The van der Waals surface area contributed by atoms with E-state index in [1.165, 1.54) is 0 Å². The van der Waals surface area contributed by atoms with E-state index in [4.69, 9.17) is 28.9 Å². The zero-order valence-corrected chi connectivity index (χ0v) is 18.9. The van der Waals surface area contributed by atoms with Gasteiger partial charge >= 0.3 is 0 Å². The predicted molar refractivity (Wildman–Crippen MR) is 118 cm³/mol. The second-order valence-electron chi connectivity index (χ2n) is 8.54. The Morgan fingerprint density at radius 3 is 2.53 bits per heavy atom. The predicted octanol–water partition coefficient (Wildman–Crippen LogP) is 4.90. The Labute approximate surface area is 194 Å². The van der Waals surface area contributed by atoms with Crippen LogP contribution in [-0.2, 0) is 17.9 Å².